The van der Waals surface area contributed by atoms with Gasteiger partial charge in [0.2, 0.25) is 0 Å². The third kappa shape index (κ3) is 3.67. The fraction of sp³-hybridized carbons (Fsp3) is 0.308. The Labute approximate surface area is 220 Å². The number of hydrogen-bond acceptors (Lipinski definition) is 6. The second-order valence-corrected chi connectivity index (χ2v) is 10.7. The van der Waals surface area contributed by atoms with Crippen LogP contribution in [0.3, 0.4) is 0 Å². The Kier molecular flexibility index (Phi) is 5.47. The molecular formula is C26H19Cl2N3O6. The third-order valence-electron chi connectivity index (χ3n) is 7.97. The Morgan fingerprint density at radius 1 is 0.973 bits per heavy atom. The summed E-state index contributed by atoms with van der Waals surface area (Å²) in [6, 6.07) is 9.05. The molecule has 0 unspecified atom stereocenters. The number of ketones is 1. The molecule has 1 heterocycles. The Balaban J connectivity index is 1.36. The fourth-order valence-corrected chi connectivity index (χ4v) is 6.70. The van der Waals surface area contributed by atoms with E-state index in [9.17, 15) is 29.3 Å². The molecule has 188 valence electrons. The first-order valence-electron chi connectivity index (χ1n) is 11.8. The Hall–Kier alpha value is -3.56. The summed E-state index contributed by atoms with van der Waals surface area (Å²) in [7, 11) is 0. The SMILES string of the molecule is O=C(CN(C(=O)c1ccc(Cl)cc1Cl)N1C(=O)[C@@H]2[C@H]3C=C[C@@H]([C@@H]4C[C@@H]34)[C@H]2C1=O)c1ccc([N+](=O)[O-])cc1. The number of benzene rings is 2. The van der Waals surface area contributed by atoms with E-state index in [0.717, 1.165) is 16.4 Å². The van der Waals surface area contributed by atoms with Crippen LogP contribution in [0.25, 0.3) is 0 Å². The van der Waals surface area contributed by atoms with Crippen LogP contribution in [0.4, 0.5) is 5.69 Å². The second kappa shape index (κ2) is 8.49. The van der Waals surface area contributed by atoms with Crippen molar-refractivity contribution in [3.8, 4) is 0 Å². The highest BCUT2D eigenvalue weighted by Crippen LogP contribution is 2.65. The van der Waals surface area contributed by atoms with Gasteiger partial charge in [0, 0.05) is 22.7 Å². The fourth-order valence-electron chi connectivity index (χ4n) is 6.21. The number of allylic oxidation sites excluding steroid dienone is 2. The molecule has 9 nitrogen and oxygen atoms in total. The summed E-state index contributed by atoms with van der Waals surface area (Å²) in [4.78, 5) is 64.7. The number of carbonyl (C=O) groups excluding carboxylic acids is 4. The molecule has 2 aromatic rings. The van der Waals surface area contributed by atoms with Gasteiger partial charge in [0.25, 0.3) is 23.4 Å². The summed E-state index contributed by atoms with van der Waals surface area (Å²) in [6.07, 6.45) is 5.01. The van der Waals surface area contributed by atoms with Gasteiger partial charge in [-0.3, -0.25) is 29.3 Å². The number of amides is 3. The van der Waals surface area contributed by atoms with Crippen LogP contribution in [0.5, 0.6) is 0 Å². The van der Waals surface area contributed by atoms with Crippen LogP contribution in [0.1, 0.15) is 27.1 Å². The maximum Gasteiger partial charge on any atom is 0.274 e. The number of nitrogens with zero attached hydrogens (tertiary/aromatic N) is 3. The van der Waals surface area contributed by atoms with E-state index in [0.29, 0.717) is 11.8 Å². The van der Waals surface area contributed by atoms with E-state index in [1.165, 1.54) is 42.5 Å². The molecule has 4 aliphatic carbocycles. The van der Waals surface area contributed by atoms with Gasteiger partial charge >= 0.3 is 0 Å². The first-order valence-corrected chi connectivity index (χ1v) is 12.5. The first kappa shape index (κ1) is 23.8. The average molecular weight is 540 g/mol. The quantitative estimate of drug-likeness (QED) is 0.178. The van der Waals surface area contributed by atoms with Crippen molar-refractivity contribution in [1.29, 1.82) is 0 Å². The van der Waals surface area contributed by atoms with Crippen molar-refractivity contribution in [2.24, 2.45) is 35.5 Å². The normalized spacial score (nSPS) is 28.6. The molecule has 2 saturated carbocycles. The van der Waals surface area contributed by atoms with Gasteiger partial charge in [0.1, 0.15) is 6.54 Å². The van der Waals surface area contributed by atoms with Crippen LogP contribution >= 0.6 is 23.2 Å². The van der Waals surface area contributed by atoms with Gasteiger partial charge in [-0.05, 0) is 60.4 Å². The maximum atomic E-state index is 13.7. The minimum Gasteiger partial charge on any atom is -0.292 e. The Morgan fingerprint density at radius 2 is 1.57 bits per heavy atom. The van der Waals surface area contributed by atoms with Gasteiger partial charge in [-0.15, -0.1) is 0 Å². The summed E-state index contributed by atoms with van der Waals surface area (Å²) in [5, 5.41) is 12.9. The number of rotatable bonds is 6. The second-order valence-electron chi connectivity index (χ2n) is 9.86. The third-order valence-corrected chi connectivity index (χ3v) is 8.52. The molecule has 0 radical (unpaired) electrons. The van der Waals surface area contributed by atoms with Crippen molar-refractivity contribution in [2.45, 2.75) is 6.42 Å². The lowest BCUT2D eigenvalue weighted by Crippen LogP contribution is -2.52. The van der Waals surface area contributed by atoms with Gasteiger partial charge < -0.3 is 0 Å². The number of hydrogen-bond donors (Lipinski definition) is 0. The molecule has 7 rings (SSSR count). The van der Waals surface area contributed by atoms with E-state index in [1.807, 2.05) is 12.2 Å². The molecule has 0 spiro atoms. The maximum absolute atomic E-state index is 13.7. The summed E-state index contributed by atoms with van der Waals surface area (Å²) in [5.41, 5.74) is -0.139. The average Bonchev–Trinajstić information content (AvgIpc) is 3.66. The standard InChI is InChI=1S/C26H19Cl2N3O6/c27-13-3-6-17(20(28)9-13)24(33)29(11-21(32)12-1-4-14(5-2-12)31(36)37)30-25(34)22-15-7-8-16(19-10-18(15)19)23(22)26(30)35/h1-9,15-16,18-19,22-23H,10-11H2/t15-,16-,18-,19-,22+,23+/m0/s1. The van der Waals surface area contributed by atoms with E-state index >= 15 is 0 Å². The van der Waals surface area contributed by atoms with Crippen molar-refractivity contribution in [3.05, 3.63) is 85.9 Å². The van der Waals surface area contributed by atoms with Crippen molar-refractivity contribution >= 4 is 52.4 Å². The topological polar surface area (TPSA) is 118 Å². The molecule has 0 aromatic heterocycles. The van der Waals surface area contributed by atoms with Crippen LogP contribution in [0.2, 0.25) is 10.0 Å². The molecule has 1 saturated heterocycles. The molecular weight excluding hydrogens is 521 g/mol. The summed E-state index contributed by atoms with van der Waals surface area (Å²) in [5.74, 6) is -2.96. The van der Waals surface area contributed by atoms with E-state index < -0.39 is 46.8 Å². The lowest BCUT2D eigenvalue weighted by atomic mass is 9.63. The number of carbonyl (C=O) groups is 4. The highest BCUT2D eigenvalue weighted by atomic mass is 35.5. The van der Waals surface area contributed by atoms with Crippen molar-refractivity contribution in [2.75, 3.05) is 6.54 Å². The molecule has 2 bridgehead atoms. The predicted molar refractivity (Wildman–Crippen MR) is 131 cm³/mol. The summed E-state index contributed by atoms with van der Waals surface area (Å²) < 4.78 is 0. The zero-order valence-electron chi connectivity index (χ0n) is 19.1. The largest absolute Gasteiger partial charge is 0.292 e. The summed E-state index contributed by atoms with van der Waals surface area (Å²) >= 11 is 12.2. The highest BCUT2D eigenvalue weighted by molar-refractivity contribution is 6.36. The molecule has 2 aromatic carbocycles. The summed E-state index contributed by atoms with van der Waals surface area (Å²) in [6.45, 7) is -0.637. The Morgan fingerprint density at radius 3 is 2.11 bits per heavy atom. The van der Waals surface area contributed by atoms with Crippen LogP contribution in [0, 0.1) is 45.6 Å². The molecule has 6 atom stereocenters. The smallest absolute Gasteiger partial charge is 0.274 e. The van der Waals surface area contributed by atoms with E-state index in [-0.39, 0.29) is 38.7 Å². The van der Waals surface area contributed by atoms with Gasteiger partial charge in [0.15, 0.2) is 5.78 Å². The number of imide groups is 1. The predicted octanol–water partition coefficient (Wildman–Crippen LogP) is 4.19. The number of non-ortho nitro benzene ring substituents is 1. The molecule has 0 N–H and O–H groups in total. The van der Waals surface area contributed by atoms with Crippen molar-refractivity contribution in [3.63, 3.8) is 0 Å². The van der Waals surface area contributed by atoms with Crippen molar-refractivity contribution in [1.82, 2.24) is 10.0 Å². The van der Waals surface area contributed by atoms with Crippen LogP contribution in [-0.2, 0) is 9.59 Å². The van der Waals surface area contributed by atoms with Gasteiger partial charge in [-0.2, -0.15) is 5.01 Å². The number of Topliss-reactive ketones (excluding diaryl/α,β-unsaturated/α-hetero) is 1. The lowest BCUT2D eigenvalue weighted by molar-refractivity contribution is -0.384. The van der Waals surface area contributed by atoms with Crippen LogP contribution in [-0.4, -0.2) is 45.0 Å². The van der Waals surface area contributed by atoms with E-state index in [4.69, 9.17) is 23.2 Å². The lowest BCUT2D eigenvalue weighted by Gasteiger charge is -2.37. The van der Waals surface area contributed by atoms with Crippen molar-refractivity contribution < 1.29 is 24.1 Å². The number of nitro benzene ring substituents is 1. The zero-order chi connectivity index (χ0) is 26.2. The number of halogens is 2. The highest BCUT2D eigenvalue weighted by Gasteiger charge is 2.68. The van der Waals surface area contributed by atoms with Gasteiger partial charge in [-0.25, -0.2) is 5.01 Å². The minimum atomic E-state index is -0.803. The monoisotopic (exact) mass is 539 g/mol. The minimum absolute atomic E-state index is 0.00442. The van der Waals surface area contributed by atoms with E-state index in [2.05, 4.69) is 0 Å². The molecule has 11 heteroatoms. The molecule has 37 heavy (non-hydrogen) atoms. The molecule has 3 amide bonds. The number of hydrazine groups is 1. The first-order chi connectivity index (χ1) is 17.7. The van der Waals surface area contributed by atoms with Gasteiger partial charge in [0.05, 0.1) is 27.3 Å². The molecule has 5 aliphatic rings. The van der Waals surface area contributed by atoms with E-state index in [1.54, 1.807) is 0 Å². The van der Waals surface area contributed by atoms with Gasteiger partial charge in [-0.1, -0.05) is 35.4 Å². The molecule has 1 aliphatic heterocycles. The number of nitro groups is 1. The van der Waals surface area contributed by atoms with Crippen LogP contribution in [0.15, 0.2) is 54.6 Å². The zero-order valence-corrected chi connectivity index (χ0v) is 20.6. The van der Waals surface area contributed by atoms with Crippen LogP contribution < -0.4 is 0 Å². The Bertz CT molecular complexity index is 1390. The molecule has 3 fully saturated rings.